The van der Waals surface area contributed by atoms with E-state index in [1.165, 1.54) is 0 Å². The van der Waals surface area contributed by atoms with Crippen molar-refractivity contribution in [2.45, 2.75) is 11.0 Å². The Morgan fingerprint density at radius 2 is 2.06 bits per heavy atom. The zero-order valence-corrected chi connectivity index (χ0v) is 9.11. The van der Waals surface area contributed by atoms with Gasteiger partial charge in [0.2, 0.25) is 10.0 Å². The van der Waals surface area contributed by atoms with Crippen LogP contribution in [0.3, 0.4) is 0 Å². The van der Waals surface area contributed by atoms with Crippen LogP contribution in [0.15, 0.2) is 23.1 Å². The van der Waals surface area contributed by atoms with Crippen LogP contribution in [0.5, 0.6) is 0 Å². The molecule has 0 amide bonds. The van der Waals surface area contributed by atoms with Crippen LogP contribution in [0, 0.1) is 5.82 Å². The molecule has 0 aromatic heterocycles. The van der Waals surface area contributed by atoms with E-state index in [-0.39, 0.29) is 23.7 Å². The standard InChI is InChI=1S/C9H11FN2O3S/c10-6-1-2-9(8(11)3-6)16(14,15)12-4-7(13)5-12/h1-3,7,13H,4-5,11H2. The highest BCUT2D eigenvalue weighted by atomic mass is 32.2. The number of nitrogens with two attached hydrogens (primary N) is 1. The number of rotatable bonds is 2. The molecule has 0 radical (unpaired) electrons. The lowest BCUT2D eigenvalue weighted by Crippen LogP contribution is -2.53. The molecular weight excluding hydrogens is 235 g/mol. The van der Waals surface area contributed by atoms with Crippen molar-refractivity contribution in [1.82, 2.24) is 4.31 Å². The second-order valence-corrected chi connectivity index (χ2v) is 5.56. The maximum absolute atomic E-state index is 12.8. The Morgan fingerprint density at radius 3 is 2.56 bits per heavy atom. The van der Waals surface area contributed by atoms with Gasteiger partial charge in [-0.1, -0.05) is 0 Å². The summed E-state index contributed by atoms with van der Waals surface area (Å²) in [5.41, 5.74) is 5.33. The van der Waals surface area contributed by atoms with Gasteiger partial charge in [-0.05, 0) is 18.2 Å². The van der Waals surface area contributed by atoms with Gasteiger partial charge in [0.15, 0.2) is 0 Å². The van der Waals surface area contributed by atoms with Crippen LogP contribution in [0.4, 0.5) is 10.1 Å². The lowest BCUT2D eigenvalue weighted by Gasteiger charge is -2.34. The van der Waals surface area contributed by atoms with Gasteiger partial charge in [0.1, 0.15) is 10.7 Å². The number of aliphatic hydroxyl groups is 1. The molecule has 3 N–H and O–H groups in total. The average molecular weight is 246 g/mol. The van der Waals surface area contributed by atoms with E-state index >= 15 is 0 Å². The molecule has 0 aliphatic carbocycles. The fraction of sp³-hybridized carbons (Fsp3) is 0.333. The molecular formula is C9H11FN2O3S. The quantitative estimate of drug-likeness (QED) is 0.706. The summed E-state index contributed by atoms with van der Waals surface area (Å²) in [5.74, 6) is -0.583. The normalized spacial score (nSPS) is 18.4. The largest absolute Gasteiger partial charge is 0.398 e. The Morgan fingerprint density at radius 1 is 1.44 bits per heavy atom. The molecule has 88 valence electrons. The average Bonchev–Trinajstić information content (AvgIpc) is 2.12. The minimum absolute atomic E-state index is 0.0547. The minimum Gasteiger partial charge on any atom is -0.398 e. The molecule has 0 spiro atoms. The van der Waals surface area contributed by atoms with Gasteiger partial charge in [0.05, 0.1) is 11.8 Å². The second-order valence-electron chi connectivity index (χ2n) is 3.66. The highest BCUT2D eigenvalue weighted by Gasteiger charge is 2.36. The SMILES string of the molecule is Nc1cc(F)ccc1S(=O)(=O)N1CC(O)C1. The third kappa shape index (κ3) is 1.77. The minimum atomic E-state index is -3.70. The third-order valence-corrected chi connectivity index (χ3v) is 4.32. The van der Waals surface area contributed by atoms with E-state index < -0.39 is 21.9 Å². The van der Waals surface area contributed by atoms with Crippen molar-refractivity contribution in [3.05, 3.63) is 24.0 Å². The van der Waals surface area contributed by atoms with Crippen molar-refractivity contribution in [1.29, 1.82) is 0 Å². The molecule has 16 heavy (non-hydrogen) atoms. The van der Waals surface area contributed by atoms with Gasteiger partial charge in [0.25, 0.3) is 0 Å². The molecule has 0 atom stereocenters. The number of benzene rings is 1. The van der Waals surface area contributed by atoms with Crippen LogP contribution >= 0.6 is 0 Å². The molecule has 0 unspecified atom stereocenters. The van der Waals surface area contributed by atoms with Gasteiger partial charge >= 0.3 is 0 Å². The Labute approximate surface area is 92.3 Å². The van der Waals surface area contributed by atoms with Crippen molar-refractivity contribution in [2.75, 3.05) is 18.8 Å². The molecule has 7 heteroatoms. The number of hydrogen-bond donors (Lipinski definition) is 2. The number of β-amino-alcohol motifs (C(OH)–C–C–N with tert-alkyl or cyclic N) is 1. The van der Waals surface area contributed by atoms with E-state index in [9.17, 15) is 12.8 Å². The summed E-state index contributed by atoms with van der Waals surface area (Å²) in [4.78, 5) is -0.124. The summed E-state index contributed by atoms with van der Waals surface area (Å²) < 4.78 is 37.7. The number of nitrogen functional groups attached to an aromatic ring is 1. The van der Waals surface area contributed by atoms with Gasteiger partial charge in [0, 0.05) is 13.1 Å². The first kappa shape index (κ1) is 11.3. The lowest BCUT2D eigenvalue weighted by molar-refractivity contribution is 0.0548. The number of hydrogen-bond acceptors (Lipinski definition) is 4. The highest BCUT2D eigenvalue weighted by Crippen LogP contribution is 2.26. The molecule has 1 fully saturated rings. The smallest absolute Gasteiger partial charge is 0.245 e. The summed E-state index contributed by atoms with van der Waals surface area (Å²) in [6.45, 7) is 0.109. The number of nitrogens with zero attached hydrogens (tertiary/aromatic N) is 1. The zero-order valence-electron chi connectivity index (χ0n) is 8.30. The Hall–Kier alpha value is -1.18. The summed E-state index contributed by atoms with van der Waals surface area (Å²) in [5, 5.41) is 9.04. The summed E-state index contributed by atoms with van der Waals surface area (Å²) in [6.07, 6.45) is -0.628. The lowest BCUT2D eigenvalue weighted by atomic mass is 10.2. The third-order valence-electron chi connectivity index (χ3n) is 2.42. The zero-order chi connectivity index (χ0) is 11.9. The molecule has 0 bridgehead atoms. The fourth-order valence-corrected chi connectivity index (χ4v) is 3.12. The number of sulfonamides is 1. The van der Waals surface area contributed by atoms with Crippen molar-refractivity contribution in [2.24, 2.45) is 0 Å². The molecule has 1 aromatic carbocycles. The van der Waals surface area contributed by atoms with Crippen LogP contribution in [-0.2, 0) is 10.0 Å². The van der Waals surface area contributed by atoms with Gasteiger partial charge < -0.3 is 10.8 Å². The monoisotopic (exact) mass is 246 g/mol. The summed E-state index contributed by atoms with van der Waals surface area (Å²) >= 11 is 0. The van der Waals surface area contributed by atoms with Crippen LogP contribution in [-0.4, -0.2) is 37.0 Å². The topological polar surface area (TPSA) is 83.6 Å². The van der Waals surface area contributed by atoms with Crippen molar-refractivity contribution >= 4 is 15.7 Å². The van der Waals surface area contributed by atoms with E-state index in [0.717, 1.165) is 22.5 Å². The van der Waals surface area contributed by atoms with Crippen molar-refractivity contribution in [3.8, 4) is 0 Å². The van der Waals surface area contributed by atoms with E-state index in [4.69, 9.17) is 10.8 Å². The van der Waals surface area contributed by atoms with Crippen molar-refractivity contribution < 1.29 is 17.9 Å². The number of anilines is 1. The van der Waals surface area contributed by atoms with Crippen LogP contribution in [0.1, 0.15) is 0 Å². The van der Waals surface area contributed by atoms with Gasteiger partial charge in [-0.15, -0.1) is 0 Å². The van der Waals surface area contributed by atoms with Crippen LogP contribution in [0.25, 0.3) is 0 Å². The fourth-order valence-electron chi connectivity index (χ4n) is 1.51. The Balaban J connectivity index is 2.36. The molecule has 1 aliphatic rings. The first-order chi connectivity index (χ1) is 7.41. The highest BCUT2D eigenvalue weighted by molar-refractivity contribution is 7.89. The van der Waals surface area contributed by atoms with Gasteiger partial charge in [-0.2, -0.15) is 4.31 Å². The van der Waals surface area contributed by atoms with Crippen LogP contribution < -0.4 is 5.73 Å². The first-order valence-corrected chi connectivity index (χ1v) is 6.08. The van der Waals surface area contributed by atoms with Crippen molar-refractivity contribution in [3.63, 3.8) is 0 Å². The molecule has 1 saturated heterocycles. The maximum Gasteiger partial charge on any atom is 0.245 e. The van der Waals surface area contributed by atoms with Gasteiger partial charge in [-0.3, -0.25) is 0 Å². The Kier molecular flexibility index (Phi) is 2.61. The predicted octanol–water partition coefficient (Wildman–Crippen LogP) is -0.227. The molecule has 5 nitrogen and oxygen atoms in total. The molecule has 1 aromatic rings. The Bertz CT molecular complexity index is 511. The molecule has 0 saturated carbocycles. The summed E-state index contributed by atoms with van der Waals surface area (Å²) in [7, 11) is -3.70. The van der Waals surface area contributed by atoms with E-state index in [2.05, 4.69) is 0 Å². The maximum atomic E-state index is 12.8. The first-order valence-electron chi connectivity index (χ1n) is 4.64. The second kappa shape index (κ2) is 3.69. The molecule has 2 rings (SSSR count). The van der Waals surface area contributed by atoms with E-state index in [0.29, 0.717) is 0 Å². The molecule has 1 heterocycles. The summed E-state index contributed by atoms with van der Waals surface area (Å²) in [6, 6.07) is 3.13. The molecule has 1 aliphatic heterocycles. The predicted molar refractivity (Wildman–Crippen MR) is 55.6 cm³/mol. The van der Waals surface area contributed by atoms with E-state index in [1.807, 2.05) is 0 Å². The van der Waals surface area contributed by atoms with Gasteiger partial charge in [-0.25, -0.2) is 12.8 Å². The number of aliphatic hydroxyl groups excluding tert-OH is 1. The number of halogens is 1. The van der Waals surface area contributed by atoms with Crippen LogP contribution in [0.2, 0.25) is 0 Å². The van der Waals surface area contributed by atoms with E-state index in [1.54, 1.807) is 0 Å².